The summed E-state index contributed by atoms with van der Waals surface area (Å²) < 4.78 is 47.4. The van der Waals surface area contributed by atoms with Gasteiger partial charge in [0.15, 0.2) is 0 Å². The van der Waals surface area contributed by atoms with Crippen LogP contribution in [0, 0.1) is 5.92 Å². The molecule has 2 aliphatic rings. The number of morpholine rings is 1. The average molecular weight is 426 g/mol. The number of ether oxygens (including phenoxy) is 2. The normalized spacial score (nSPS) is 24.4. The van der Waals surface area contributed by atoms with Crippen LogP contribution in [-0.4, -0.2) is 67.0 Å². The summed E-state index contributed by atoms with van der Waals surface area (Å²) in [7, 11) is 0. The molecular formula is C22H29F3N2O3. The molecule has 2 unspecified atom stereocenters. The van der Waals surface area contributed by atoms with Gasteiger partial charge in [-0.05, 0) is 44.7 Å². The van der Waals surface area contributed by atoms with Gasteiger partial charge in [0.05, 0.1) is 12.2 Å². The summed E-state index contributed by atoms with van der Waals surface area (Å²) >= 11 is 0. The molecule has 2 heterocycles. The summed E-state index contributed by atoms with van der Waals surface area (Å²) in [4.78, 5) is 16.7. The number of carbonyl (C=O) groups is 1. The van der Waals surface area contributed by atoms with E-state index in [1.165, 1.54) is 30.4 Å². The molecule has 30 heavy (non-hydrogen) atoms. The summed E-state index contributed by atoms with van der Waals surface area (Å²) in [5, 5.41) is 0. The number of benzene rings is 1. The number of carbonyl (C=O) groups excluding carboxylic acids is 1. The lowest BCUT2D eigenvalue weighted by molar-refractivity contribution is -0.274. The minimum atomic E-state index is -4.77. The highest BCUT2D eigenvalue weighted by Crippen LogP contribution is 2.27. The van der Waals surface area contributed by atoms with E-state index in [1.54, 1.807) is 11.0 Å². The fourth-order valence-electron chi connectivity index (χ4n) is 4.24. The maximum atomic E-state index is 12.5. The number of piperidine rings is 1. The van der Waals surface area contributed by atoms with E-state index in [4.69, 9.17) is 4.74 Å². The van der Waals surface area contributed by atoms with E-state index in [1.807, 2.05) is 0 Å². The van der Waals surface area contributed by atoms with Gasteiger partial charge < -0.3 is 14.4 Å². The number of likely N-dealkylation sites (tertiary alicyclic amines) is 1. The summed E-state index contributed by atoms with van der Waals surface area (Å²) in [6.07, 6.45) is 0.262. The van der Waals surface area contributed by atoms with Crippen molar-refractivity contribution in [3.8, 4) is 5.75 Å². The molecule has 0 bridgehead atoms. The first-order valence-corrected chi connectivity index (χ1v) is 10.4. The van der Waals surface area contributed by atoms with Crippen molar-refractivity contribution in [1.82, 2.24) is 9.80 Å². The Bertz CT molecular complexity index is 735. The fraction of sp³-hybridized carbons (Fsp3) is 0.591. The molecule has 1 amide bonds. The molecule has 3 rings (SSSR count). The van der Waals surface area contributed by atoms with E-state index in [9.17, 15) is 18.0 Å². The Hall–Kier alpha value is -2.06. The summed E-state index contributed by atoms with van der Waals surface area (Å²) in [6.45, 7) is 8.38. The van der Waals surface area contributed by atoms with Gasteiger partial charge in [-0.2, -0.15) is 0 Å². The number of nitrogens with zero attached hydrogens (tertiary/aromatic N) is 2. The van der Waals surface area contributed by atoms with Crippen LogP contribution in [0.25, 0.3) is 6.08 Å². The number of hydrogen-bond acceptors (Lipinski definition) is 4. The van der Waals surface area contributed by atoms with Crippen LogP contribution in [0.3, 0.4) is 0 Å². The third-order valence-electron chi connectivity index (χ3n) is 5.49. The number of alkyl halides is 3. The Morgan fingerprint density at radius 2 is 1.80 bits per heavy atom. The molecule has 0 radical (unpaired) electrons. The SMILES string of the molecule is CC1CN(CC2CCN(C(=O)/C=C/c3ccccc3OC(F)(F)F)CC2)CC(C)O1. The molecule has 2 aliphatic heterocycles. The standard InChI is InChI=1S/C22H29F3N2O3/c1-16-13-26(14-17(2)29-16)15-18-9-11-27(12-10-18)21(28)8-7-19-5-3-4-6-20(19)30-22(23,24)25/h3-8,16-18H,9-15H2,1-2H3/b8-7+. The van der Waals surface area contributed by atoms with E-state index in [2.05, 4.69) is 23.5 Å². The Morgan fingerprint density at radius 3 is 2.43 bits per heavy atom. The average Bonchev–Trinajstić information content (AvgIpc) is 2.65. The Balaban J connectivity index is 1.50. The van der Waals surface area contributed by atoms with Crippen LogP contribution in [0.2, 0.25) is 0 Å². The zero-order valence-corrected chi connectivity index (χ0v) is 17.4. The second-order valence-electron chi connectivity index (χ2n) is 8.16. The van der Waals surface area contributed by atoms with E-state index >= 15 is 0 Å². The lowest BCUT2D eigenvalue weighted by atomic mass is 9.95. The van der Waals surface area contributed by atoms with Gasteiger partial charge in [0, 0.05) is 44.4 Å². The van der Waals surface area contributed by atoms with Crippen LogP contribution >= 0.6 is 0 Å². The van der Waals surface area contributed by atoms with Crippen LogP contribution < -0.4 is 4.74 Å². The van der Waals surface area contributed by atoms with Crippen molar-refractivity contribution in [3.05, 3.63) is 35.9 Å². The largest absolute Gasteiger partial charge is 0.573 e. The number of amides is 1. The smallest absolute Gasteiger partial charge is 0.405 e. The van der Waals surface area contributed by atoms with Crippen molar-refractivity contribution in [2.75, 3.05) is 32.7 Å². The monoisotopic (exact) mass is 426 g/mol. The Kier molecular flexibility index (Phi) is 7.41. The molecule has 0 spiro atoms. The second kappa shape index (κ2) is 9.83. The third kappa shape index (κ3) is 6.74. The molecule has 2 saturated heterocycles. The van der Waals surface area contributed by atoms with Crippen molar-refractivity contribution >= 4 is 12.0 Å². The molecule has 0 saturated carbocycles. The highest BCUT2D eigenvalue weighted by molar-refractivity contribution is 5.92. The zero-order chi connectivity index (χ0) is 21.7. The van der Waals surface area contributed by atoms with Crippen LogP contribution in [0.15, 0.2) is 30.3 Å². The van der Waals surface area contributed by atoms with Crippen LogP contribution in [0.4, 0.5) is 13.2 Å². The molecule has 166 valence electrons. The first-order chi connectivity index (χ1) is 14.2. The van der Waals surface area contributed by atoms with E-state index in [0.717, 1.165) is 32.5 Å². The topological polar surface area (TPSA) is 42.0 Å². The van der Waals surface area contributed by atoms with Gasteiger partial charge in [0.1, 0.15) is 5.75 Å². The number of rotatable bonds is 5. The second-order valence-corrected chi connectivity index (χ2v) is 8.16. The fourth-order valence-corrected chi connectivity index (χ4v) is 4.24. The minimum absolute atomic E-state index is 0.191. The predicted octanol–water partition coefficient (Wildman–Crippen LogP) is 3.95. The third-order valence-corrected chi connectivity index (χ3v) is 5.49. The molecule has 2 atom stereocenters. The van der Waals surface area contributed by atoms with Gasteiger partial charge in [0.25, 0.3) is 0 Å². The molecule has 2 fully saturated rings. The first kappa shape index (κ1) is 22.6. The van der Waals surface area contributed by atoms with Crippen LogP contribution in [-0.2, 0) is 9.53 Å². The molecule has 0 N–H and O–H groups in total. The molecule has 8 heteroatoms. The highest BCUT2D eigenvalue weighted by Gasteiger charge is 2.32. The molecule has 0 aliphatic carbocycles. The summed E-state index contributed by atoms with van der Waals surface area (Å²) in [5.41, 5.74) is 0.216. The predicted molar refractivity (Wildman–Crippen MR) is 108 cm³/mol. The number of para-hydroxylation sites is 1. The van der Waals surface area contributed by atoms with Gasteiger partial charge >= 0.3 is 6.36 Å². The van der Waals surface area contributed by atoms with Gasteiger partial charge in [0.2, 0.25) is 5.91 Å². The molecular weight excluding hydrogens is 397 g/mol. The summed E-state index contributed by atoms with van der Waals surface area (Å²) in [5.74, 6) is 0.0297. The van der Waals surface area contributed by atoms with Crippen LogP contribution in [0.1, 0.15) is 32.3 Å². The first-order valence-electron chi connectivity index (χ1n) is 10.4. The lowest BCUT2D eigenvalue weighted by Crippen LogP contribution is -2.48. The van der Waals surface area contributed by atoms with Gasteiger partial charge in [-0.25, -0.2) is 0 Å². The van der Waals surface area contributed by atoms with Gasteiger partial charge in [-0.15, -0.1) is 13.2 Å². The van der Waals surface area contributed by atoms with Crippen molar-refractivity contribution in [3.63, 3.8) is 0 Å². The maximum Gasteiger partial charge on any atom is 0.573 e. The Labute approximate surface area is 175 Å². The highest BCUT2D eigenvalue weighted by atomic mass is 19.4. The zero-order valence-electron chi connectivity index (χ0n) is 17.4. The van der Waals surface area contributed by atoms with E-state index in [0.29, 0.717) is 19.0 Å². The molecule has 0 aromatic heterocycles. The van der Waals surface area contributed by atoms with Gasteiger partial charge in [-0.1, -0.05) is 18.2 Å². The Morgan fingerprint density at radius 1 is 1.17 bits per heavy atom. The molecule has 1 aromatic carbocycles. The molecule has 1 aromatic rings. The number of hydrogen-bond donors (Lipinski definition) is 0. The number of halogens is 3. The van der Waals surface area contributed by atoms with Crippen molar-refractivity contribution in [2.45, 2.75) is 45.3 Å². The molecule has 5 nitrogen and oxygen atoms in total. The summed E-state index contributed by atoms with van der Waals surface area (Å²) in [6, 6.07) is 5.78. The van der Waals surface area contributed by atoms with Crippen molar-refractivity contribution < 1.29 is 27.4 Å². The van der Waals surface area contributed by atoms with Crippen molar-refractivity contribution in [2.24, 2.45) is 5.92 Å². The van der Waals surface area contributed by atoms with Gasteiger partial charge in [-0.3, -0.25) is 9.69 Å². The minimum Gasteiger partial charge on any atom is -0.405 e. The lowest BCUT2D eigenvalue weighted by Gasteiger charge is -2.39. The van der Waals surface area contributed by atoms with Crippen molar-refractivity contribution in [1.29, 1.82) is 0 Å². The van der Waals surface area contributed by atoms with E-state index in [-0.39, 0.29) is 29.4 Å². The van der Waals surface area contributed by atoms with E-state index < -0.39 is 6.36 Å². The quantitative estimate of drug-likeness (QED) is 0.669. The van der Waals surface area contributed by atoms with Crippen LogP contribution in [0.5, 0.6) is 5.75 Å². The maximum absolute atomic E-state index is 12.5.